The predicted molar refractivity (Wildman–Crippen MR) is 68.6 cm³/mol. The van der Waals surface area contributed by atoms with E-state index in [1.165, 1.54) is 0 Å². The average molecular weight is 268 g/mol. The molecule has 1 unspecified atom stereocenters. The maximum Gasteiger partial charge on any atom is 0.251 e. The molecule has 19 heavy (non-hydrogen) atoms. The highest BCUT2D eigenvalue weighted by Crippen LogP contribution is 2.27. The Bertz CT molecular complexity index is 439. The first-order valence-corrected chi connectivity index (χ1v) is 6.57. The van der Waals surface area contributed by atoms with Crippen molar-refractivity contribution in [2.75, 3.05) is 6.54 Å². The summed E-state index contributed by atoms with van der Waals surface area (Å²) >= 11 is 0. The van der Waals surface area contributed by atoms with Crippen molar-refractivity contribution in [2.45, 2.75) is 31.7 Å². The van der Waals surface area contributed by atoms with Crippen LogP contribution in [0, 0.1) is 17.6 Å². The monoisotopic (exact) mass is 268 g/mol. The van der Waals surface area contributed by atoms with E-state index in [4.69, 9.17) is 5.73 Å². The molecule has 0 spiro atoms. The van der Waals surface area contributed by atoms with Gasteiger partial charge in [0.2, 0.25) is 0 Å². The van der Waals surface area contributed by atoms with Crippen molar-refractivity contribution in [1.82, 2.24) is 5.32 Å². The van der Waals surface area contributed by atoms with Crippen molar-refractivity contribution in [1.29, 1.82) is 0 Å². The highest BCUT2D eigenvalue weighted by molar-refractivity contribution is 5.94. The Morgan fingerprint density at radius 3 is 2.37 bits per heavy atom. The van der Waals surface area contributed by atoms with E-state index in [2.05, 4.69) is 5.32 Å². The normalized spacial score (nSPS) is 17.4. The highest BCUT2D eigenvalue weighted by atomic mass is 19.1. The highest BCUT2D eigenvalue weighted by Gasteiger charge is 2.25. The Balaban J connectivity index is 2.06. The second kappa shape index (κ2) is 6.10. The molecular formula is C14H18F2N2O. The van der Waals surface area contributed by atoms with Gasteiger partial charge in [-0.3, -0.25) is 4.79 Å². The minimum absolute atomic E-state index is 0.00560. The molecular weight excluding hydrogens is 250 g/mol. The first-order valence-electron chi connectivity index (χ1n) is 6.57. The van der Waals surface area contributed by atoms with E-state index in [1.54, 1.807) is 0 Å². The molecule has 3 N–H and O–H groups in total. The van der Waals surface area contributed by atoms with Crippen molar-refractivity contribution in [2.24, 2.45) is 11.7 Å². The molecule has 1 saturated carbocycles. The van der Waals surface area contributed by atoms with E-state index >= 15 is 0 Å². The lowest BCUT2D eigenvalue weighted by Gasteiger charge is -2.23. The summed E-state index contributed by atoms with van der Waals surface area (Å²) in [5.74, 6) is -1.61. The average Bonchev–Trinajstić information content (AvgIpc) is 2.88. The van der Waals surface area contributed by atoms with E-state index in [0.29, 0.717) is 12.5 Å². The van der Waals surface area contributed by atoms with Crippen LogP contribution in [-0.2, 0) is 0 Å². The van der Waals surface area contributed by atoms with Gasteiger partial charge >= 0.3 is 0 Å². The number of carbonyl (C=O) groups is 1. The number of nitrogens with two attached hydrogens (primary N) is 1. The van der Waals surface area contributed by atoms with Crippen LogP contribution >= 0.6 is 0 Å². The van der Waals surface area contributed by atoms with Crippen molar-refractivity contribution >= 4 is 5.91 Å². The molecule has 0 bridgehead atoms. The van der Waals surface area contributed by atoms with Crippen LogP contribution in [0.5, 0.6) is 0 Å². The molecule has 0 aliphatic heterocycles. The maximum atomic E-state index is 13.1. The summed E-state index contributed by atoms with van der Waals surface area (Å²) in [6, 6.07) is 2.68. The smallest absolute Gasteiger partial charge is 0.251 e. The molecule has 1 aliphatic carbocycles. The topological polar surface area (TPSA) is 55.1 Å². The van der Waals surface area contributed by atoms with Crippen LogP contribution in [0.3, 0.4) is 0 Å². The Labute approximate surface area is 111 Å². The van der Waals surface area contributed by atoms with E-state index < -0.39 is 17.5 Å². The third-order valence-corrected chi connectivity index (χ3v) is 3.66. The summed E-state index contributed by atoms with van der Waals surface area (Å²) < 4.78 is 26.1. The van der Waals surface area contributed by atoms with Crippen LogP contribution in [0.15, 0.2) is 18.2 Å². The minimum atomic E-state index is -0.754. The van der Waals surface area contributed by atoms with Gasteiger partial charge in [-0.15, -0.1) is 0 Å². The first-order chi connectivity index (χ1) is 9.10. The van der Waals surface area contributed by atoms with Gasteiger partial charge in [0.25, 0.3) is 5.91 Å². The number of nitrogens with one attached hydrogen (secondary N) is 1. The van der Waals surface area contributed by atoms with Crippen LogP contribution in [0.4, 0.5) is 8.78 Å². The van der Waals surface area contributed by atoms with Gasteiger partial charge in [0.05, 0.1) is 0 Å². The molecule has 1 aliphatic rings. The van der Waals surface area contributed by atoms with Crippen molar-refractivity contribution < 1.29 is 13.6 Å². The molecule has 1 amide bonds. The summed E-state index contributed by atoms with van der Waals surface area (Å²) in [7, 11) is 0. The third-order valence-electron chi connectivity index (χ3n) is 3.66. The number of halogens is 2. The van der Waals surface area contributed by atoms with Crippen LogP contribution in [0.2, 0.25) is 0 Å². The number of carbonyl (C=O) groups excluding carboxylic acids is 1. The molecule has 1 aromatic rings. The quantitative estimate of drug-likeness (QED) is 0.879. The molecule has 104 valence electrons. The fraction of sp³-hybridized carbons (Fsp3) is 0.500. The molecule has 0 saturated heterocycles. The lowest BCUT2D eigenvalue weighted by Crippen LogP contribution is -2.44. The zero-order chi connectivity index (χ0) is 13.8. The zero-order valence-electron chi connectivity index (χ0n) is 10.7. The van der Waals surface area contributed by atoms with E-state index in [9.17, 15) is 13.6 Å². The number of hydrogen-bond acceptors (Lipinski definition) is 2. The van der Waals surface area contributed by atoms with Gasteiger partial charge in [-0.1, -0.05) is 12.8 Å². The van der Waals surface area contributed by atoms with Crippen molar-refractivity contribution in [3.05, 3.63) is 35.4 Å². The number of hydrogen-bond donors (Lipinski definition) is 2. The molecule has 0 aromatic heterocycles. The molecule has 0 radical (unpaired) electrons. The fourth-order valence-corrected chi connectivity index (χ4v) is 2.67. The molecule has 1 fully saturated rings. The van der Waals surface area contributed by atoms with Gasteiger partial charge in [0.15, 0.2) is 0 Å². The zero-order valence-corrected chi connectivity index (χ0v) is 10.7. The van der Waals surface area contributed by atoms with Crippen molar-refractivity contribution in [3.8, 4) is 0 Å². The molecule has 0 heterocycles. The van der Waals surface area contributed by atoms with E-state index in [1.807, 2.05) is 0 Å². The van der Waals surface area contributed by atoms with Crippen molar-refractivity contribution in [3.63, 3.8) is 0 Å². The van der Waals surface area contributed by atoms with Crippen LogP contribution in [0.1, 0.15) is 36.0 Å². The number of rotatable bonds is 4. The summed E-state index contributed by atoms with van der Waals surface area (Å²) in [5.41, 5.74) is 5.67. The number of benzene rings is 1. The SMILES string of the molecule is NCC(NC(=O)c1cc(F)cc(F)c1)C1CCCC1. The Hall–Kier alpha value is -1.49. The predicted octanol–water partition coefficient (Wildman–Crippen LogP) is 2.21. The van der Waals surface area contributed by atoms with Crippen LogP contribution in [-0.4, -0.2) is 18.5 Å². The molecule has 3 nitrogen and oxygen atoms in total. The van der Waals surface area contributed by atoms with Crippen LogP contribution in [0.25, 0.3) is 0 Å². The molecule has 5 heteroatoms. The third kappa shape index (κ3) is 3.50. The van der Waals surface area contributed by atoms with Crippen LogP contribution < -0.4 is 11.1 Å². The standard InChI is InChI=1S/C14H18F2N2O/c15-11-5-10(6-12(16)7-11)14(19)18-13(8-17)9-3-1-2-4-9/h5-7,9,13H,1-4,8,17H2,(H,18,19). The molecule has 2 rings (SSSR count). The Morgan fingerprint density at radius 1 is 1.26 bits per heavy atom. The van der Waals surface area contributed by atoms with Gasteiger partial charge in [-0.25, -0.2) is 8.78 Å². The van der Waals surface area contributed by atoms with Gasteiger partial charge in [-0.05, 0) is 30.9 Å². The number of amides is 1. The maximum absolute atomic E-state index is 13.1. The lowest BCUT2D eigenvalue weighted by atomic mass is 9.98. The van der Waals surface area contributed by atoms with E-state index in [0.717, 1.165) is 43.9 Å². The largest absolute Gasteiger partial charge is 0.348 e. The second-order valence-corrected chi connectivity index (χ2v) is 5.02. The summed E-state index contributed by atoms with van der Waals surface area (Å²) in [6.07, 6.45) is 4.37. The molecule has 1 aromatic carbocycles. The minimum Gasteiger partial charge on any atom is -0.348 e. The summed E-state index contributed by atoms with van der Waals surface area (Å²) in [4.78, 5) is 12.0. The summed E-state index contributed by atoms with van der Waals surface area (Å²) in [6.45, 7) is 0.341. The van der Waals surface area contributed by atoms with Gasteiger partial charge in [-0.2, -0.15) is 0 Å². The second-order valence-electron chi connectivity index (χ2n) is 5.02. The molecule has 1 atom stereocenters. The summed E-state index contributed by atoms with van der Waals surface area (Å²) in [5, 5.41) is 2.78. The van der Waals surface area contributed by atoms with Gasteiger partial charge in [0.1, 0.15) is 11.6 Å². The van der Waals surface area contributed by atoms with Gasteiger partial charge in [0, 0.05) is 24.2 Å². The Morgan fingerprint density at radius 2 is 1.84 bits per heavy atom. The fourth-order valence-electron chi connectivity index (χ4n) is 2.67. The van der Waals surface area contributed by atoms with E-state index in [-0.39, 0.29) is 11.6 Å². The van der Waals surface area contributed by atoms with Gasteiger partial charge < -0.3 is 11.1 Å². The Kier molecular flexibility index (Phi) is 4.47. The lowest BCUT2D eigenvalue weighted by molar-refractivity contribution is 0.0923. The first kappa shape index (κ1) is 13.9.